The van der Waals surface area contributed by atoms with Gasteiger partial charge in [0.15, 0.2) is 15.7 Å². The lowest BCUT2D eigenvalue weighted by atomic mass is 9.85. The first kappa shape index (κ1) is 14.2. The topological polar surface area (TPSA) is 80.5 Å². The molecular weight excluding hydrogens is 304 g/mol. The number of oxazole rings is 1. The van der Waals surface area contributed by atoms with Crippen LogP contribution in [0.5, 0.6) is 0 Å². The molecular formula is C15H20N2O4S. The average Bonchev–Trinajstić information content (AvgIpc) is 2.98. The molecule has 1 aromatic heterocycles. The fourth-order valence-corrected chi connectivity index (χ4v) is 5.22. The molecule has 1 saturated carbocycles. The first-order valence-corrected chi connectivity index (χ1v) is 9.82. The van der Waals surface area contributed by atoms with Crippen LogP contribution in [0, 0.1) is 5.92 Å². The third-order valence-electron chi connectivity index (χ3n) is 5.09. The molecule has 0 bridgehead atoms. The summed E-state index contributed by atoms with van der Waals surface area (Å²) in [6, 6.07) is 0. The lowest BCUT2D eigenvalue weighted by Crippen LogP contribution is -2.40. The van der Waals surface area contributed by atoms with Gasteiger partial charge in [-0.3, -0.25) is 4.79 Å². The van der Waals surface area contributed by atoms with Gasteiger partial charge >= 0.3 is 0 Å². The molecule has 3 aliphatic rings. The Bertz CT molecular complexity index is 705. The number of sulfone groups is 1. The van der Waals surface area contributed by atoms with E-state index >= 15 is 0 Å². The van der Waals surface area contributed by atoms with Crippen LogP contribution < -0.4 is 0 Å². The second-order valence-corrected chi connectivity index (χ2v) is 8.89. The third-order valence-corrected chi connectivity index (χ3v) is 6.86. The van der Waals surface area contributed by atoms with Crippen LogP contribution in [0.4, 0.5) is 0 Å². The lowest BCUT2D eigenvalue weighted by molar-refractivity contribution is -0.135. The van der Waals surface area contributed by atoms with Gasteiger partial charge in [0.2, 0.25) is 5.91 Å². The highest BCUT2D eigenvalue weighted by Crippen LogP contribution is 2.37. The van der Waals surface area contributed by atoms with Crippen LogP contribution in [0.15, 0.2) is 4.42 Å². The van der Waals surface area contributed by atoms with Crippen molar-refractivity contribution in [1.82, 2.24) is 9.88 Å². The predicted octanol–water partition coefficient (Wildman–Crippen LogP) is 1.26. The number of aromatic nitrogens is 1. The van der Waals surface area contributed by atoms with Gasteiger partial charge < -0.3 is 9.32 Å². The number of hydrogen-bond donors (Lipinski definition) is 0. The van der Waals surface area contributed by atoms with Gasteiger partial charge in [-0.1, -0.05) is 6.42 Å². The van der Waals surface area contributed by atoms with Crippen molar-refractivity contribution in [3.8, 4) is 0 Å². The summed E-state index contributed by atoms with van der Waals surface area (Å²) in [5, 5.41) is 0. The molecule has 0 spiro atoms. The van der Waals surface area contributed by atoms with Gasteiger partial charge in [-0.15, -0.1) is 0 Å². The van der Waals surface area contributed by atoms with E-state index in [1.54, 1.807) is 4.90 Å². The second kappa shape index (κ2) is 5.08. The predicted molar refractivity (Wildman–Crippen MR) is 79.0 cm³/mol. The number of carbonyl (C=O) groups is 1. The van der Waals surface area contributed by atoms with Crippen LogP contribution in [0.3, 0.4) is 0 Å². The summed E-state index contributed by atoms with van der Waals surface area (Å²) in [6.45, 7) is 1.06. The Morgan fingerprint density at radius 3 is 2.73 bits per heavy atom. The monoisotopic (exact) mass is 324 g/mol. The Kier molecular flexibility index (Phi) is 3.29. The minimum atomic E-state index is -3.02. The highest BCUT2D eigenvalue weighted by Gasteiger charge is 2.37. The van der Waals surface area contributed by atoms with Crippen LogP contribution in [0.1, 0.15) is 48.9 Å². The maximum absolute atomic E-state index is 12.5. The van der Waals surface area contributed by atoms with Gasteiger partial charge in [-0.05, 0) is 19.3 Å². The van der Waals surface area contributed by atoms with E-state index in [0.29, 0.717) is 31.8 Å². The molecule has 1 unspecified atom stereocenters. The van der Waals surface area contributed by atoms with Crippen LogP contribution in [-0.4, -0.2) is 42.3 Å². The van der Waals surface area contributed by atoms with Crippen molar-refractivity contribution in [2.24, 2.45) is 5.92 Å². The summed E-state index contributed by atoms with van der Waals surface area (Å²) < 4.78 is 28.9. The average molecular weight is 324 g/mol. The number of fused-ring (bicyclic) bond motifs is 1. The van der Waals surface area contributed by atoms with Crippen LogP contribution in [-0.2, 0) is 27.6 Å². The summed E-state index contributed by atoms with van der Waals surface area (Å²) in [4.78, 5) is 18.8. The molecule has 1 atom stereocenters. The van der Waals surface area contributed by atoms with Gasteiger partial charge in [0.1, 0.15) is 11.5 Å². The van der Waals surface area contributed by atoms with E-state index in [2.05, 4.69) is 4.98 Å². The first-order chi connectivity index (χ1) is 10.5. The SMILES string of the molecule is O=C(C1CCS(=O)(=O)C1)N1CCc2oc(C3CCC3)nc2C1. The highest BCUT2D eigenvalue weighted by molar-refractivity contribution is 7.91. The maximum atomic E-state index is 12.5. The zero-order valence-electron chi connectivity index (χ0n) is 12.5. The summed E-state index contributed by atoms with van der Waals surface area (Å²) in [6.07, 6.45) is 4.65. The second-order valence-electron chi connectivity index (χ2n) is 6.66. The van der Waals surface area contributed by atoms with Gasteiger partial charge in [0.05, 0.1) is 24.0 Å². The summed E-state index contributed by atoms with van der Waals surface area (Å²) in [5.74, 6) is 1.91. The normalized spacial score (nSPS) is 27.5. The van der Waals surface area contributed by atoms with Crippen molar-refractivity contribution in [2.75, 3.05) is 18.1 Å². The molecule has 6 nitrogen and oxygen atoms in total. The van der Waals surface area contributed by atoms with Crippen molar-refractivity contribution < 1.29 is 17.6 Å². The molecule has 1 saturated heterocycles. The van der Waals surface area contributed by atoms with Crippen molar-refractivity contribution in [3.63, 3.8) is 0 Å². The molecule has 22 heavy (non-hydrogen) atoms. The minimum Gasteiger partial charge on any atom is -0.445 e. The molecule has 2 aliphatic heterocycles. The molecule has 0 radical (unpaired) electrons. The van der Waals surface area contributed by atoms with E-state index in [0.717, 1.165) is 30.2 Å². The Morgan fingerprint density at radius 2 is 2.09 bits per heavy atom. The smallest absolute Gasteiger partial charge is 0.227 e. The first-order valence-electron chi connectivity index (χ1n) is 7.99. The van der Waals surface area contributed by atoms with Crippen molar-refractivity contribution in [3.05, 3.63) is 17.3 Å². The van der Waals surface area contributed by atoms with E-state index in [-0.39, 0.29) is 23.3 Å². The molecule has 7 heteroatoms. The molecule has 3 heterocycles. The van der Waals surface area contributed by atoms with Gasteiger partial charge in [-0.25, -0.2) is 13.4 Å². The maximum Gasteiger partial charge on any atom is 0.227 e. The number of rotatable bonds is 2. The molecule has 0 N–H and O–H groups in total. The fourth-order valence-electron chi connectivity index (χ4n) is 3.48. The van der Waals surface area contributed by atoms with E-state index in [4.69, 9.17) is 4.42 Å². The lowest BCUT2D eigenvalue weighted by Gasteiger charge is -2.27. The summed E-state index contributed by atoms with van der Waals surface area (Å²) in [7, 11) is -3.02. The van der Waals surface area contributed by atoms with Crippen LogP contribution in [0.25, 0.3) is 0 Å². The largest absolute Gasteiger partial charge is 0.445 e. The van der Waals surface area contributed by atoms with Gasteiger partial charge in [0.25, 0.3) is 0 Å². The van der Waals surface area contributed by atoms with E-state index in [1.165, 1.54) is 6.42 Å². The number of amides is 1. The molecule has 0 aromatic carbocycles. The number of hydrogen-bond acceptors (Lipinski definition) is 5. The van der Waals surface area contributed by atoms with Crippen molar-refractivity contribution >= 4 is 15.7 Å². The summed E-state index contributed by atoms with van der Waals surface area (Å²) >= 11 is 0. The Balaban J connectivity index is 1.47. The molecule has 1 aromatic rings. The van der Waals surface area contributed by atoms with Crippen LogP contribution in [0.2, 0.25) is 0 Å². The standard InChI is InChI=1S/C15H20N2O4S/c18-15(11-5-7-22(19,20)9-11)17-6-4-13-12(8-17)16-14(21-13)10-2-1-3-10/h10-11H,1-9H2. The third kappa shape index (κ3) is 2.45. The number of carbonyl (C=O) groups excluding carboxylic acids is 1. The molecule has 4 rings (SSSR count). The Morgan fingerprint density at radius 1 is 1.27 bits per heavy atom. The van der Waals surface area contributed by atoms with E-state index < -0.39 is 9.84 Å². The van der Waals surface area contributed by atoms with E-state index in [9.17, 15) is 13.2 Å². The highest BCUT2D eigenvalue weighted by atomic mass is 32.2. The zero-order valence-corrected chi connectivity index (χ0v) is 13.3. The van der Waals surface area contributed by atoms with Gasteiger partial charge in [-0.2, -0.15) is 0 Å². The Labute approximate surface area is 129 Å². The molecule has 2 fully saturated rings. The van der Waals surface area contributed by atoms with Crippen LogP contribution >= 0.6 is 0 Å². The van der Waals surface area contributed by atoms with Crippen molar-refractivity contribution in [1.29, 1.82) is 0 Å². The van der Waals surface area contributed by atoms with Gasteiger partial charge in [0, 0.05) is 18.9 Å². The summed E-state index contributed by atoms with van der Waals surface area (Å²) in [5.41, 5.74) is 0.863. The number of nitrogens with zero attached hydrogens (tertiary/aromatic N) is 2. The van der Waals surface area contributed by atoms with E-state index in [1.807, 2.05) is 0 Å². The fraction of sp³-hybridized carbons (Fsp3) is 0.733. The Hall–Kier alpha value is -1.37. The zero-order chi connectivity index (χ0) is 15.3. The molecule has 1 amide bonds. The quantitative estimate of drug-likeness (QED) is 0.818. The molecule has 120 valence electrons. The molecule has 1 aliphatic carbocycles. The minimum absolute atomic E-state index is 0.00132. The van der Waals surface area contributed by atoms with Crippen molar-refractivity contribution in [2.45, 2.75) is 44.6 Å².